The van der Waals surface area contributed by atoms with Crippen molar-refractivity contribution in [2.75, 3.05) is 4.90 Å². The second kappa shape index (κ2) is 8.13. The molecule has 0 atom stereocenters. The van der Waals surface area contributed by atoms with Crippen molar-refractivity contribution in [3.05, 3.63) is 88.7 Å². The highest BCUT2D eigenvalue weighted by Gasteiger charge is 2.24. The first kappa shape index (κ1) is 19.3. The molecule has 4 rings (SSSR count). The summed E-state index contributed by atoms with van der Waals surface area (Å²) in [6.07, 6.45) is 2.66. The minimum Gasteiger partial charge on any atom is -0.278 e. The standard InChI is InChI=1S/C24H23N3OS/c1-4-18-8-7-10-21-22(18)26-24(29-21)27(15-19-9-5-6-13-25-19)23(28)20-14-16(2)11-12-17(20)3/h5-14H,4,15H2,1-3H3. The molecule has 0 unspecified atom stereocenters. The molecule has 0 aliphatic heterocycles. The molecule has 2 heterocycles. The highest BCUT2D eigenvalue weighted by molar-refractivity contribution is 7.22. The molecule has 29 heavy (non-hydrogen) atoms. The number of hydrogen-bond acceptors (Lipinski definition) is 4. The Hall–Kier alpha value is -3.05. The molecule has 0 radical (unpaired) electrons. The summed E-state index contributed by atoms with van der Waals surface area (Å²) < 4.78 is 1.10. The van der Waals surface area contributed by atoms with Gasteiger partial charge in [0.05, 0.1) is 22.5 Å². The van der Waals surface area contributed by atoms with E-state index >= 15 is 0 Å². The van der Waals surface area contributed by atoms with Crippen molar-refractivity contribution in [1.82, 2.24) is 9.97 Å². The van der Waals surface area contributed by atoms with Gasteiger partial charge in [0.25, 0.3) is 5.91 Å². The topological polar surface area (TPSA) is 46.1 Å². The van der Waals surface area contributed by atoms with Gasteiger partial charge in [0.1, 0.15) is 0 Å². The first-order valence-corrected chi connectivity index (χ1v) is 10.6. The van der Waals surface area contributed by atoms with Crippen LogP contribution in [0.2, 0.25) is 0 Å². The van der Waals surface area contributed by atoms with Gasteiger partial charge in [-0.2, -0.15) is 0 Å². The fraction of sp³-hybridized carbons (Fsp3) is 0.208. The maximum Gasteiger partial charge on any atom is 0.260 e. The van der Waals surface area contributed by atoms with Gasteiger partial charge >= 0.3 is 0 Å². The number of thiazole rings is 1. The van der Waals surface area contributed by atoms with Crippen LogP contribution in [0.4, 0.5) is 5.13 Å². The van der Waals surface area contributed by atoms with E-state index < -0.39 is 0 Å². The third-order valence-corrected chi connectivity index (χ3v) is 6.06. The number of nitrogens with zero attached hydrogens (tertiary/aromatic N) is 3. The summed E-state index contributed by atoms with van der Waals surface area (Å²) in [5.74, 6) is -0.0473. The number of aryl methyl sites for hydroxylation is 3. The maximum absolute atomic E-state index is 13.6. The number of aromatic nitrogens is 2. The number of para-hydroxylation sites is 1. The number of anilines is 1. The van der Waals surface area contributed by atoms with Crippen LogP contribution >= 0.6 is 11.3 Å². The third-order valence-electron chi connectivity index (χ3n) is 5.02. The van der Waals surface area contributed by atoms with E-state index in [-0.39, 0.29) is 5.91 Å². The molecule has 0 bridgehead atoms. The first-order valence-electron chi connectivity index (χ1n) is 9.74. The molecule has 146 valence electrons. The van der Waals surface area contributed by atoms with E-state index in [9.17, 15) is 4.79 Å². The van der Waals surface area contributed by atoms with Crippen LogP contribution in [0.1, 0.15) is 39.7 Å². The molecule has 0 aliphatic rings. The molecule has 0 saturated heterocycles. The van der Waals surface area contributed by atoms with Gasteiger partial charge in [-0.3, -0.25) is 14.7 Å². The van der Waals surface area contributed by atoms with Crippen LogP contribution in [0.3, 0.4) is 0 Å². The monoisotopic (exact) mass is 401 g/mol. The molecule has 1 amide bonds. The van der Waals surface area contributed by atoms with Crippen molar-refractivity contribution in [2.24, 2.45) is 0 Å². The van der Waals surface area contributed by atoms with Crippen molar-refractivity contribution in [3.63, 3.8) is 0 Å². The van der Waals surface area contributed by atoms with Gasteiger partial charge < -0.3 is 0 Å². The van der Waals surface area contributed by atoms with Crippen LogP contribution in [-0.2, 0) is 13.0 Å². The van der Waals surface area contributed by atoms with E-state index in [4.69, 9.17) is 4.98 Å². The lowest BCUT2D eigenvalue weighted by Crippen LogP contribution is -2.31. The summed E-state index contributed by atoms with van der Waals surface area (Å²) in [7, 11) is 0. The molecule has 0 fully saturated rings. The summed E-state index contributed by atoms with van der Waals surface area (Å²) in [4.78, 5) is 24.7. The van der Waals surface area contributed by atoms with Gasteiger partial charge in [-0.1, -0.05) is 54.2 Å². The highest BCUT2D eigenvalue weighted by atomic mass is 32.1. The lowest BCUT2D eigenvalue weighted by Gasteiger charge is -2.21. The molecule has 2 aromatic heterocycles. The van der Waals surface area contributed by atoms with E-state index in [1.807, 2.05) is 50.2 Å². The number of benzene rings is 2. The van der Waals surface area contributed by atoms with Crippen molar-refractivity contribution < 1.29 is 4.79 Å². The second-order valence-electron chi connectivity index (χ2n) is 7.14. The number of fused-ring (bicyclic) bond motifs is 1. The molecule has 4 nitrogen and oxygen atoms in total. The fourth-order valence-electron chi connectivity index (χ4n) is 3.39. The number of carbonyl (C=O) groups excluding carboxylic acids is 1. The number of rotatable bonds is 5. The van der Waals surface area contributed by atoms with Crippen LogP contribution in [-0.4, -0.2) is 15.9 Å². The number of amides is 1. The Balaban J connectivity index is 1.82. The largest absolute Gasteiger partial charge is 0.278 e. The Morgan fingerprint density at radius 1 is 1.07 bits per heavy atom. The predicted molar refractivity (Wildman–Crippen MR) is 120 cm³/mol. The van der Waals surface area contributed by atoms with Gasteiger partial charge in [0.2, 0.25) is 0 Å². The van der Waals surface area contributed by atoms with Gasteiger partial charge in [0.15, 0.2) is 5.13 Å². The lowest BCUT2D eigenvalue weighted by atomic mass is 10.0. The van der Waals surface area contributed by atoms with Crippen molar-refractivity contribution in [3.8, 4) is 0 Å². The van der Waals surface area contributed by atoms with Gasteiger partial charge in [0, 0.05) is 11.8 Å². The molecule has 0 spiro atoms. The van der Waals surface area contributed by atoms with Gasteiger partial charge in [-0.15, -0.1) is 0 Å². The molecule has 4 aromatic rings. The lowest BCUT2D eigenvalue weighted by molar-refractivity contribution is 0.0984. The summed E-state index contributed by atoms with van der Waals surface area (Å²) in [6, 6.07) is 18.0. The molecule has 0 saturated carbocycles. The van der Waals surface area contributed by atoms with Crippen molar-refractivity contribution in [2.45, 2.75) is 33.7 Å². The van der Waals surface area contributed by atoms with Crippen LogP contribution in [0.25, 0.3) is 10.2 Å². The van der Waals surface area contributed by atoms with Crippen molar-refractivity contribution >= 4 is 32.6 Å². The fourth-order valence-corrected chi connectivity index (χ4v) is 4.40. The smallest absolute Gasteiger partial charge is 0.260 e. The quantitative estimate of drug-likeness (QED) is 0.430. The van der Waals surface area contributed by atoms with Crippen LogP contribution in [0.5, 0.6) is 0 Å². The maximum atomic E-state index is 13.6. The van der Waals surface area contributed by atoms with E-state index in [2.05, 4.69) is 30.1 Å². The first-order chi connectivity index (χ1) is 14.1. The molecule has 5 heteroatoms. The van der Waals surface area contributed by atoms with Crippen LogP contribution in [0, 0.1) is 13.8 Å². The minimum absolute atomic E-state index is 0.0473. The summed E-state index contributed by atoms with van der Waals surface area (Å²) in [6.45, 7) is 6.48. The number of carbonyl (C=O) groups is 1. The molecular formula is C24H23N3OS. The Morgan fingerprint density at radius 3 is 2.69 bits per heavy atom. The summed E-state index contributed by atoms with van der Waals surface area (Å²) >= 11 is 1.55. The summed E-state index contributed by atoms with van der Waals surface area (Å²) in [5.41, 5.74) is 5.74. The molecule has 0 N–H and O–H groups in total. The van der Waals surface area contributed by atoms with Crippen LogP contribution < -0.4 is 4.90 Å². The number of hydrogen-bond donors (Lipinski definition) is 0. The van der Waals surface area contributed by atoms with E-state index in [0.717, 1.165) is 33.5 Å². The normalized spacial score (nSPS) is 11.0. The van der Waals surface area contributed by atoms with E-state index in [1.165, 1.54) is 5.56 Å². The van der Waals surface area contributed by atoms with E-state index in [0.29, 0.717) is 17.2 Å². The average Bonchev–Trinajstić information content (AvgIpc) is 3.18. The highest BCUT2D eigenvalue weighted by Crippen LogP contribution is 2.33. The Labute approximate surface area is 174 Å². The predicted octanol–water partition coefficient (Wildman–Crippen LogP) is 5.72. The van der Waals surface area contributed by atoms with E-state index in [1.54, 1.807) is 22.4 Å². The molecule has 0 aliphatic carbocycles. The SMILES string of the molecule is CCc1cccc2sc(N(Cc3ccccn3)C(=O)c3cc(C)ccc3C)nc12. The Morgan fingerprint density at radius 2 is 1.93 bits per heavy atom. The average molecular weight is 402 g/mol. The van der Waals surface area contributed by atoms with Crippen LogP contribution in [0.15, 0.2) is 60.8 Å². The zero-order valence-electron chi connectivity index (χ0n) is 16.8. The molecular weight excluding hydrogens is 378 g/mol. The molecule has 2 aromatic carbocycles. The summed E-state index contributed by atoms with van der Waals surface area (Å²) in [5, 5.41) is 0.706. The van der Waals surface area contributed by atoms with Gasteiger partial charge in [-0.05, 0) is 55.7 Å². The van der Waals surface area contributed by atoms with Gasteiger partial charge in [-0.25, -0.2) is 4.98 Å². The zero-order chi connectivity index (χ0) is 20.4. The Bertz CT molecular complexity index is 1170. The van der Waals surface area contributed by atoms with Crippen molar-refractivity contribution in [1.29, 1.82) is 0 Å². The third kappa shape index (κ3) is 3.91. The zero-order valence-corrected chi connectivity index (χ0v) is 17.7. The Kier molecular flexibility index (Phi) is 5.41. The minimum atomic E-state index is -0.0473. The number of pyridine rings is 1. The second-order valence-corrected chi connectivity index (χ2v) is 8.15.